The van der Waals surface area contributed by atoms with Crippen molar-refractivity contribution >= 4 is 10.0 Å². The minimum absolute atomic E-state index is 0.124. The number of benzene rings is 1. The summed E-state index contributed by atoms with van der Waals surface area (Å²) in [6.45, 7) is 3.82. The Balaban J connectivity index is 1.99. The number of nitrogens with zero attached hydrogens (tertiary/aromatic N) is 1. The molecule has 1 atom stereocenters. The molecular formula is C16H26N2O4S. The van der Waals surface area contributed by atoms with Crippen LogP contribution in [0.1, 0.15) is 24.8 Å². The lowest BCUT2D eigenvalue weighted by Gasteiger charge is -2.34. The van der Waals surface area contributed by atoms with Gasteiger partial charge in [-0.15, -0.1) is 0 Å². The molecule has 0 amide bonds. The second-order valence-corrected chi connectivity index (χ2v) is 7.66. The van der Waals surface area contributed by atoms with Crippen molar-refractivity contribution in [2.24, 2.45) is 0 Å². The van der Waals surface area contributed by atoms with Crippen molar-refractivity contribution < 1.29 is 18.3 Å². The molecule has 1 aliphatic rings. The third-order valence-corrected chi connectivity index (χ3v) is 5.76. The lowest BCUT2D eigenvalue weighted by molar-refractivity contribution is 0.0923. The Bertz CT molecular complexity index is 619. The van der Waals surface area contributed by atoms with E-state index in [-0.39, 0.29) is 17.5 Å². The van der Waals surface area contributed by atoms with E-state index in [0.717, 1.165) is 31.4 Å². The summed E-state index contributed by atoms with van der Waals surface area (Å²) in [7, 11) is -2.14. The fraction of sp³-hybridized carbons (Fsp3) is 0.625. The number of piperidine rings is 1. The van der Waals surface area contributed by atoms with Gasteiger partial charge in [0.05, 0.1) is 13.7 Å². The Labute approximate surface area is 138 Å². The average Bonchev–Trinajstić information content (AvgIpc) is 2.54. The largest absolute Gasteiger partial charge is 0.495 e. The van der Waals surface area contributed by atoms with Crippen LogP contribution in [0.5, 0.6) is 5.75 Å². The zero-order valence-corrected chi connectivity index (χ0v) is 14.6. The predicted octanol–water partition coefficient (Wildman–Crippen LogP) is 1.13. The number of rotatable bonds is 7. The van der Waals surface area contributed by atoms with Crippen LogP contribution in [-0.2, 0) is 10.0 Å². The summed E-state index contributed by atoms with van der Waals surface area (Å²) < 4.78 is 32.7. The molecule has 0 unspecified atom stereocenters. The number of aliphatic hydroxyl groups excluding tert-OH is 1. The van der Waals surface area contributed by atoms with Crippen LogP contribution in [0.15, 0.2) is 23.1 Å². The van der Waals surface area contributed by atoms with Crippen LogP contribution < -0.4 is 9.46 Å². The highest BCUT2D eigenvalue weighted by Gasteiger charge is 2.23. The van der Waals surface area contributed by atoms with Gasteiger partial charge in [-0.3, -0.25) is 4.90 Å². The summed E-state index contributed by atoms with van der Waals surface area (Å²) in [5.74, 6) is 0.351. The fourth-order valence-electron chi connectivity index (χ4n) is 2.96. The second-order valence-electron chi connectivity index (χ2n) is 5.92. The summed E-state index contributed by atoms with van der Waals surface area (Å²) >= 11 is 0. The molecule has 2 N–H and O–H groups in total. The zero-order chi connectivity index (χ0) is 16.9. The Morgan fingerprint density at radius 2 is 2.17 bits per heavy atom. The molecule has 6 nitrogen and oxygen atoms in total. The van der Waals surface area contributed by atoms with E-state index in [2.05, 4.69) is 9.62 Å². The van der Waals surface area contributed by atoms with E-state index in [1.54, 1.807) is 18.2 Å². The number of aryl methyl sites for hydroxylation is 1. The second kappa shape index (κ2) is 8.10. The molecule has 0 saturated carbocycles. The summed E-state index contributed by atoms with van der Waals surface area (Å²) in [6, 6.07) is 5.17. The summed E-state index contributed by atoms with van der Waals surface area (Å²) in [6.07, 6.45) is 3.18. The molecule has 0 aliphatic carbocycles. The lowest BCUT2D eigenvalue weighted by Crippen LogP contribution is -2.45. The predicted molar refractivity (Wildman–Crippen MR) is 89.2 cm³/mol. The summed E-state index contributed by atoms with van der Waals surface area (Å²) in [5, 5.41) is 9.40. The van der Waals surface area contributed by atoms with Gasteiger partial charge >= 0.3 is 0 Å². The van der Waals surface area contributed by atoms with Crippen LogP contribution in [-0.4, -0.2) is 57.8 Å². The molecule has 0 radical (unpaired) electrons. The molecule has 0 bridgehead atoms. The van der Waals surface area contributed by atoms with Crippen LogP contribution in [0.25, 0.3) is 0 Å². The minimum atomic E-state index is -3.61. The third-order valence-electron chi connectivity index (χ3n) is 4.26. The Kier molecular flexibility index (Phi) is 6.41. The van der Waals surface area contributed by atoms with Crippen molar-refractivity contribution in [2.45, 2.75) is 37.1 Å². The first kappa shape index (κ1) is 18.2. The van der Waals surface area contributed by atoms with Gasteiger partial charge in [-0.05, 0) is 44.0 Å². The van der Waals surface area contributed by atoms with E-state index in [4.69, 9.17) is 4.74 Å². The first-order chi connectivity index (χ1) is 11.0. The molecule has 1 fully saturated rings. The van der Waals surface area contributed by atoms with Crippen molar-refractivity contribution in [3.05, 3.63) is 23.8 Å². The first-order valence-electron chi connectivity index (χ1n) is 7.97. The maximum Gasteiger partial charge on any atom is 0.244 e. The molecular weight excluding hydrogens is 316 g/mol. The Hall–Kier alpha value is -1.15. The molecule has 1 heterocycles. The number of ether oxygens (including phenoxy) is 1. The molecule has 1 saturated heterocycles. The fourth-order valence-corrected chi connectivity index (χ4v) is 4.13. The van der Waals surface area contributed by atoms with Gasteiger partial charge in [0.1, 0.15) is 10.6 Å². The Morgan fingerprint density at radius 3 is 2.87 bits per heavy atom. The van der Waals surface area contributed by atoms with Gasteiger partial charge in [-0.2, -0.15) is 0 Å². The minimum Gasteiger partial charge on any atom is -0.495 e. The van der Waals surface area contributed by atoms with Crippen molar-refractivity contribution in [3.63, 3.8) is 0 Å². The lowest BCUT2D eigenvalue weighted by atomic mass is 10.0. The number of likely N-dealkylation sites (tertiary alicyclic amines) is 1. The highest BCUT2D eigenvalue weighted by Crippen LogP contribution is 2.24. The number of aliphatic hydroxyl groups is 1. The normalized spacial score (nSPS) is 19.7. The van der Waals surface area contributed by atoms with Crippen molar-refractivity contribution in [3.8, 4) is 5.75 Å². The first-order valence-corrected chi connectivity index (χ1v) is 9.45. The zero-order valence-electron chi connectivity index (χ0n) is 13.8. The van der Waals surface area contributed by atoms with Crippen molar-refractivity contribution in [1.29, 1.82) is 0 Å². The molecule has 1 aliphatic heterocycles. The average molecular weight is 342 g/mol. The topological polar surface area (TPSA) is 78.9 Å². The van der Waals surface area contributed by atoms with E-state index in [1.165, 1.54) is 7.11 Å². The molecule has 23 heavy (non-hydrogen) atoms. The summed E-state index contributed by atoms with van der Waals surface area (Å²) in [5.41, 5.74) is 0.944. The van der Waals surface area contributed by atoms with Gasteiger partial charge in [-0.1, -0.05) is 12.5 Å². The highest BCUT2D eigenvalue weighted by molar-refractivity contribution is 7.89. The van der Waals surface area contributed by atoms with E-state index in [1.807, 2.05) is 6.92 Å². The van der Waals surface area contributed by atoms with Crippen molar-refractivity contribution in [2.75, 3.05) is 33.4 Å². The molecule has 1 aromatic rings. The number of hydrogen-bond acceptors (Lipinski definition) is 5. The smallest absolute Gasteiger partial charge is 0.244 e. The van der Waals surface area contributed by atoms with E-state index >= 15 is 0 Å². The Morgan fingerprint density at radius 1 is 1.39 bits per heavy atom. The van der Waals surface area contributed by atoms with Crippen molar-refractivity contribution in [1.82, 2.24) is 9.62 Å². The standard InChI is InChI=1S/C16H26N2O4S/c1-13-6-7-16(15(11-13)22-2)23(20,21)17-8-10-18-9-4-3-5-14(18)12-19/h6-7,11,14,17,19H,3-5,8-10,12H2,1-2H3/t14-/m1/s1. The number of methoxy groups -OCH3 is 1. The van der Waals surface area contributed by atoms with Gasteiger partial charge in [0, 0.05) is 19.1 Å². The highest BCUT2D eigenvalue weighted by atomic mass is 32.2. The van der Waals surface area contributed by atoms with E-state index in [0.29, 0.717) is 18.8 Å². The summed E-state index contributed by atoms with van der Waals surface area (Å²) in [4.78, 5) is 2.31. The van der Waals surface area contributed by atoms with Gasteiger partial charge in [0.2, 0.25) is 10.0 Å². The molecule has 1 aromatic carbocycles. The van der Waals surface area contributed by atoms with Gasteiger partial charge < -0.3 is 9.84 Å². The van der Waals surface area contributed by atoms with E-state index < -0.39 is 10.0 Å². The van der Waals surface area contributed by atoms with Crippen LogP contribution in [0.2, 0.25) is 0 Å². The number of sulfonamides is 1. The van der Waals surface area contributed by atoms with Gasteiger partial charge in [-0.25, -0.2) is 13.1 Å². The van der Waals surface area contributed by atoms with Gasteiger partial charge in [0.15, 0.2) is 0 Å². The van der Waals surface area contributed by atoms with Crippen LogP contribution in [0.4, 0.5) is 0 Å². The number of hydrogen-bond donors (Lipinski definition) is 2. The number of nitrogens with one attached hydrogen (secondary N) is 1. The molecule has 0 spiro atoms. The van der Waals surface area contributed by atoms with E-state index in [9.17, 15) is 13.5 Å². The maximum atomic E-state index is 12.5. The molecule has 2 rings (SSSR count). The monoisotopic (exact) mass is 342 g/mol. The quantitative estimate of drug-likeness (QED) is 0.777. The maximum absolute atomic E-state index is 12.5. The van der Waals surface area contributed by atoms with Crippen LogP contribution >= 0.6 is 0 Å². The van der Waals surface area contributed by atoms with Crippen LogP contribution in [0, 0.1) is 6.92 Å². The SMILES string of the molecule is COc1cc(C)ccc1S(=O)(=O)NCCN1CCCC[C@@H]1CO. The van der Waals surface area contributed by atoms with Crippen LogP contribution in [0.3, 0.4) is 0 Å². The third kappa shape index (κ3) is 4.67. The van der Waals surface area contributed by atoms with Gasteiger partial charge in [0.25, 0.3) is 0 Å². The molecule has 7 heteroatoms. The molecule has 130 valence electrons. The molecule has 0 aromatic heterocycles.